The molecule has 0 atom stereocenters. The molecule has 0 radical (unpaired) electrons. The molecule has 114 valence electrons. The third kappa shape index (κ3) is 4.69. The molecule has 21 heavy (non-hydrogen) atoms. The van der Waals surface area contributed by atoms with E-state index < -0.39 is 0 Å². The first-order valence-electron chi connectivity index (χ1n) is 7.40. The number of H-pyrrole nitrogens is 1. The van der Waals surface area contributed by atoms with Crippen molar-refractivity contribution in [2.45, 2.75) is 26.8 Å². The minimum atomic E-state index is 0.229. The molecule has 0 saturated carbocycles. The fourth-order valence-corrected chi connectivity index (χ4v) is 2.30. The Hall–Kier alpha value is -1.65. The highest BCUT2D eigenvalue weighted by Gasteiger charge is 2.17. The van der Waals surface area contributed by atoms with E-state index in [-0.39, 0.29) is 5.41 Å². The van der Waals surface area contributed by atoms with E-state index in [0.717, 1.165) is 31.8 Å². The lowest BCUT2D eigenvalue weighted by atomic mass is 9.89. The Balaban J connectivity index is 1.92. The molecule has 1 aromatic heterocycles. The normalized spacial score (nSPS) is 11.8. The van der Waals surface area contributed by atoms with E-state index in [9.17, 15) is 0 Å². The van der Waals surface area contributed by atoms with Crippen LogP contribution in [0.2, 0.25) is 0 Å². The predicted molar refractivity (Wildman–Crippen MR) is 86.0 cm³/mol. The fourth-order valence-electron chi connectivity index (χ4n) is 2.30. The van der Waals surface area contributed by atoms with Gasteiger partial charge in [-0.3, -0.25) is 5.10 Å². The Morgan fingerprint density at radius 1 is 1.24 bits per heavy atom. The van der Waals surface area contributed by atoms with Crippen molar-refractivity contribution in [1.82, 2.24) is 15.5 Å². The number of nitrogens with zero attached hydrogens (tertiary/aromatic N) is 1. The zero-order chi connectivity index (χ0) is 15.1. The van der Waals surface area contributed by atoms with Crippen LogP contribution in [-0.4, -0.2) is 30.5 Å². The highest BCUT2D eigenvalue weighted by atomic mass is 16.5. The number of ether oxygens (including phenoxy) is 1. The molecule has 0 unspecified atom stereocenters. The molecule has 4 nitrogen and oxygen atoms in total. The molecule has 1 heterocycles. The number of nitrogens with one attached hydrogen (secondary N) is 2. The van der Waals surface area contributed by atoms with E-state index in [1.807, 2.05) is 24.4 Å². The maximum absolute atomic E-state index is 5.16. The molecule has 2 N–H and O–H groups in total. The molecule has 2 aromatic rings. The van der Waals surface area contributed by atoms with Crippen molar-refractivity contribution in [3.05, 3.63) is 42.1 Å². The third-order valence-corrected chi connectivity index (χ3v) is 3.68. The summed E-state index contributed by atoms with van der Waals surface area (Å²) in [5.74, 6) is 0. The Kier molecular flexibility index (Phi) is 5.53. The Labute approximate surface area is 126 Å². The molecular weight excluding hydrogens is 262 g/mol. The number of benzene rings is 1. The molecule has 1 aromatic carbocycles. The van der Waals surface area contributed by atoms with Crippen molar-refractivity contribution < 1.29 is 4.74 Å². The Bertz CT molecular complexity index is 534. The van der Waals surface area contributed by atoms with E-state index in [2.05, 4.69) is 41.5 Å². The predicted octanol–water partition coefficient (Wildman–Crippen LogP) is 3.23. The number of aromatic nitrogens is 2. The molecule has 0 spiro atoms. The average molecular weight is 287 g/mol. The monoisotopic (exact) mass is 287 g/mol. The third-order valence-electron chi connectivity index (χ3n) is 3.68. The van der Waals surface area contributed by atoms with Crippen molar-refractivity contribution >= 4 is 0 Å². The minimum absolute atomic E-state index is 0.229. The lowest BCUT2D eigenvalue weighted by Crippen LogP contribution is -2.30. The van der Waals surface area contributed by atoms with Gasteiger partial charge in [0, 0.05) is 32.4 Å². The molecule has 0 fully saturated rings. The number of rotatable bonds is 8. The summed E-state index contributed by atoms with van der Waals surface area (Å²) >= 11 is 0. The SMILES string of the molecule is COCCC(C)(C)CNCc1cn[nH]c1-c1ccccc1. The van der Waals surface area contributed by atoms with Crippen LogP contribution in [-0.2, 0) is 11.3 Å². The second-order valence-corrected chi connectivity index (χ2v) is 6.15. The van der Waals surface area contributed by atoms with Crippen LogP contribution in [0.15, 0.2) is 36.5 Å². The van der Waals surface area contributed by atoms with Crippen LogP contribution in [0.3, 0.4) is 0 Å². The number of methoxy groups -OCH3 is 1. The summed E-state index contributed by atoms with van der Waals surface area (Å²) in [4.78, 5) is 0. The summed E-state index contributed by atoms with van der Waals surface area (Å²) in [6, 6.07) is 10.3. The highest BCUT2D eigenvalue weighted by Crippen LogP contribution is 2.22. The van der Waals surface area contributed by atoms with E-state index in [0.29, 0.717) is 0 Å². The van der Waals surface area contributed by atoms with Crippen LogP contribution >= 0.6 is 0 Å². The van der Waals surface area contributed by atoms with Crippen molar-refractivity contribution in [3.8, 4) is 11.3 Å². The van der Waals surface area contributed by atoms with Crippen molar-refractivity contribution in [2.24, 2.45) is 5.41 Å². The van der Waals surface area contributed by atoms with Crippen LogP contribution in [0.4, 0.5) is 0 Å². The first kappa shape index (κ1) is 15.7. The molecular formula is C17H25N3O. The first-order chi connectivity index (χ1) is 10.1. The molecule has 0 bridgehead atoms. The summed E-state index contributed by atoms with van der Waals surface area (Å²) in [7, 11) is 1.75. The fraction of sp³-hybridized carbons (Fsp3) is 0.471. The molecule has 0 aliphatic heterocycles. The van der Waals surface area contributed by atoms with Gasteiger partial charge in [-0.25, -0.2) is 0 Å². The standard InChI is InChI=1S/C17H25N3O/c1-17(2,9-10-21-3)13-18-11-15-12-19-20-16(15)14-7-5-4-6-8-14/h4-8,12,18H,9-11,13H2,1-3H3,(H,19,20). The number of hydrogen-bond acceptors (Lipinski definition) is 3. The van der Waals surface area contributed by atoms with Gasteiger partial charge in [0.15, 0.2) is 0 Å². The molecule has 0 aliphatic carbocycles. The molecule has 2 rings (SSSR count). The van der Waals surface area contributed by atoms with Crippen LogP contribution in [0.1, 0.15) is 25.8 Å². The number of hydrogen-bond donors (Lipinski definition) is 2. The zero-order valence-electron chi connectivity index (χ0n) is 13.1. The van der Waals surface area contributed by atoms with Gasteiger partial charge >= 0.3 is 0 Å². The second-order valence-electron chi connectivity index (χ2n) is 6.15. The van der Waals surface area contributed by atoms with E-state index in [1.54, 1.807) is 7.11 Å². The lowest BCUT2D eigenvalue weighted by Gasteiger charge is -2.24. The van der Waals surface area contributed by atoms with Gasteiger partial charge < -0.3 is 10.1 Å². The van der Waals surface area contributed by atoms with Crippen molar-refractivity contribution in [2.75, 3.05) is 20.3 Å². The Morgan fingerprint density at radius 2 is 2.00 bits per heavy atom. The minimum Gasteiger partial charge on any atom is -0.385 e. The summed E-state index contributed by atoms with van der Waals surface area (Å²) in [5, 5.41) is 10.8. The van der Waals surface area contributed by atoms with Crippen LogP contribution < -0.4 is 5.32 Å². The van der Waals surface area contributed by atoms with Gasteiger partial charge in [-0.1, -0.05) is 44.2 Å². The average Bonchev–Trinajstić information content (AvgIpc) is 2.94. The lowest BCUT2D eigenvalue weighted by molar-refractivity contribution is 0.150. The van der Waals surface area contributed by atoms with E-state index in [4.69, 9.17) is 4.74 Å². The van der Waals surface area contributed by atoms with E-state index in [1.165, 1.54) is 11.1 Å². The maximum Gasteiger partial charge on any atom is 0.0695 e. The topological polar surface area (TPSA) is 49.9 Å². The van der Waals surface area contributed by atoms with Gasteiger partial charge in [0.2, 0.25) is 0 Å². The van der Waals surface area contributed by atoms with Crippen molar-refractivity contribution in [3.63, 3.8) is 0 Å². The van der Waals surface area contributed by atoms with Gasteiger partial charge in [-0.2, -0.15) is 5.10 Å². The smallest absolute Gasteiger partial charge is 0.0695 e. The summed E-state index contributed by atoms with van der Waals surface area (Å²) in [6.45, 7) is 7.08. The quantitative estimate of drug-likeness (QED) is 0.783. The summed E-state index contributed by atoms with van der Waals surface area (Å²) in [6.07, 6.45) is 2.95. The summed E-state index contributed by atoms with van der Waals surface area (Å²) in [5.41, 5.74) is 3.69. The van der Waals surface area contributed by atoms with Gasteiger partial charge in [-0.15, -0.1) is 0 Å². The molecule has 0 saturated heterocycles. The molecule has 4 heteroatoms. The van der Waals surface area contributed by atoms with Crippen LogP contribution in [0.25, 0.3) is 11.3 Å². The van der Waals surface area contributed by atoms with Crippen molar-refractivity contribution in [1.29, 1.82) is 0 Å². The maximum atomic E-state index is 5.16. The Morgan fingerprint density at radius 3 is 2.71 bits per heavy atom. The number of aromatic amines is 1. The van der Waals surface area contributed by atoms with E-state index >= 15 is 0 Å². The van der Waals surface area contributed by atoms with Crippen LogP contribution in [0.5, 0.6) is 0 Å². The van der Waals surface area contributed by atoms with Gasteiger partial charge in [0.1, 0.15) is 0 Å². The molecule has 0 aliphatic rings. The molecule has 0 amide bonds. The van der Waals surface area contributed by atoms with Gasteiger partial charge in [0.05, 0.1) is 11.9 Å². The van der Waals surface area contributed by atoms with Crippen LogP contribution in [0, 0.1) is 5.41 Å². The van der Waals surface area contributed by atoms with Gasteiger partial charge in [-0.05, 0) is 17.4 Å². The summed E-state index contributed by atoms with van der Waals surface area (Å²) < 4.78 is 5.16. The first-order valence-corrected chi connectivity index (χ1v) is 7.40. The zero-order valence-corrected chi connectivity index (χ0v) is 13.1. The second kappa shape index (κ2) is 7.38. The highest BCUT2D eigenvalue weighted by molar-refractivity contribution is 5.62. The van der Waals surface area contributed by atoms with Gasteiger partial charge in [0.25, 0.3) is 0 Å². The largest absolute Gasteiger partial charge is 0.385 e.